The van der Waals surface area contributed by atoms with Crippen molar-refractivity contribution in [3.8, 4) is 11.1 Å². The van der Waals surface area contributed by atoms with Crippen LogP contribution >= 0.6 is 0 Å². The molecule has 1 unspecified atom stereocenters. The lowest BCUT2D eigenvalue weighted by Crippen LogP contribution is -2.30. The maximum atomic E-state index is 13.6. The Hall–Kier alpha value is -3.41. The Morgan fingerprint density at radius 2 is 2.00 bits per heavy atom. The number of oxazole rings is 1. The van der Waals surface area contributed by atoms with Gasteiger partial charge in [-0.1, -0.05) is 12.1 Å². The molecular formula is C23H19FN2O3. The molecule has 3 heterocycles. The van der Waals surface area contributed by atoms with Gasteiger partial charge in [0.25, 0.3) is 5.91 Å². The number of nitrogens with zero attached hydrogens (tertiary/aromatic N) is 2. The summed E-state index contributed by atoms with van der Waals surface area (Å²) in [6.07, 6.45) is 3.18. The van der Waals surface area contributed by atoms with Gasteiger partial charge in [-0.2, -0.15) is 0 Å². The highest BCUT2D eigenvalue weighted by molar-refractivity contribution is 5.92. The summed E-state index contributed by atoms with van der Waals surface area (Å²) < 4.78 is 24.8. The Morgan fingerprint density at radius 3 is 2.79 bits per heavy atom. The molecular weight excluding hydrogens is 371 g/mol. The molecule has 1 aliphatic rings. The van der Waals surface area contributed by atoms with Crippen molar-refractivity contribution in [3.05, 3.63) is 77.8 Å². The van der Waals surface area contributed by atoms with E-state index >= 15 is 0 Å². The number of likely N-dealkylation sites (tertiary alicyclic amines) is 1. The molecule has 0 saturated carbocycles. The van der Waals surface area contributed by atoms with E-state index in [9.17, 15) is 9.18 Å². The molecule has 0 radical (unpaired) electrons. The van der Waals surface area contributed by atoms with Gasteiger partial charge in [0.15, 0.2) is 11.3 Å². The van der Waals surface area contributed by atoms with Gasteiger partial charge < -0.3 is 13.7 Å². The van der Waals surface area contributed by atoms with Gasteiger partial charge >= 0.3 is 0 Å². The minimum atomic E-state index is -0.221. The van der Waals surface area contributed by atoms with E-state index < -0.39 is 0 Å². The van der Waals surface area contributed by atoms with E-state index in [4.69, 9.17) is 8.83 Å². The van der Waals surface area contributed by atoms with E-state index in [0.29, 0.717) is 29.3 Å². The fourth-order valence-electron chi connectivity index (χ4n) is 3.90. The molecule has 0 spiro atoms. The van der Waals surface area contributed by atoms with Crippen molar-refractivity contribution in [1.82, 2.24) is 9.88 Å². The van der Waals surface area contributed by atoms with Crippen molar-refractivity contribution in [1.29, 1.82) is 0 Å². The largest absolute Gasteiger partial charge is 0.459 e. The molecule has 2 aromatic heterocycles. The van der Waals surface area contributed by atoms with Crippen LogP contribution in [0.4, 0.5) is 4.39 Å². The van der Waals surface area contributed by atoms with Crippen LogP contribution in [0.3, 0.4) is 0 Å². The molecule has 29 heavy (non-hydrogen) atoms. The Morgan fingerprint density at radius 1 is 1.17 bits per heavy atom. The van der Waals surface area contributed by atoms with Crippen LogP contribution in [-0.4, -0.2) is 22.3 Å². The quantitative estimate of drug-likeness (QED) is 0.463. The van der Waals surface area contributed by atoms with E-state index in [0.717, 1.165) is 29.5 Å². The fraction of sp³-hybridized carbons (Fsp3) is 0.217. The average Bonchev–Trinajstić information content (AvgIpc) is 3.48. The van der Waals surface area contributed by atoms with Gasteiger partial charge in [-0.3, -0.25) is 4.79 Å². The number of halogens is 1. The molecule has 5 nitrogen and oxygen atoms in total. The average molecular weight is 390 g/mol. The molecule has 0 aliphatic carbocycles. The van der Waals surface area contributed by atoms with E-state index in [2.05, 4.69) is 4.98 Å². The first-order valence-electron chi connectivity index (χ1n) is 9.61. The highest BCUT2D eigenvalue weighted by Gasteiger charge is 2.35. The van der Waals surface area contributed by atoms with Crippen LogP contribution in [-0.2, 0) is 0 Å². The molecule has 2 aromatic carbocycles. The Labute approximate surface area is 166 Å². The molecule has 6 heteroatoms. The first-order valence-corrected chi connectivity index (χ1v) is 9.61. The van der Waals surface area contributed by atoms with E-state index in [1.54, 1.807) is 30.0 Å². The number of carbonyl (C=O) groups excluding carboxylic acids is 1. The summed E-state index contributed by atoms with van der Waals surface area (Å²) in [5.41, 5.74) is 3.85. The van der Waals surface area contributed by atoms with Crippen LogP contribution in [0.1, 0.15) is 40.9 Å². The monoisotopic (exact) mass is 390 g/mol. The normalized spacial score (nSPS) is 16.6. The minimum Gasteiger partial charge on any atom is -0.459 e. The van der Waals surface area contributed by atoms with Crippen LogP contribution in [0.15, 0.2) is 63.6 Å². The Balaban J connectivity index is 1.48. The van der Waals surface area contributed by atoms with Gasteiger partial charge in [-0.25, -0.2) is 9.37 Å². The number of hydrogen-bond donors (Lipinski definition) is 0. The fourth-order valence-corrected chi connectivity index (χ4v) is 3.90. The Kier molecular flexibility index (Phi) is 4.19. The molecule has 146 valence electrons. The third-order valence-corrected chi connectivity index (χ3v) is 5.43. The number of aromatic nitrogens is 1. The lowest BCUT2D eigenvalue weighted by atomic mass is 10.0. The number of rotatable bonds is 3. The lowest BCUT2D eigenvalue weighted by molar-refractivity contribution is 0.0684. The molecule has 5 rings (SSSR count). The minimum absolute atomic E-state index is 0.151. The van der Waals surface area contributed by atoms with Gasteiger partial charge in [0, 0.05) is 6.54 Å². The summed E-state index contributed by atoms with van der Waals surface area (Å²) in [6.45, 7) is 2.39. The van der Waals surface area contributed by atoms with Crippen molar-refractivity contribution in [2.45, 2.75) is 25.8 Å². The van der Waals surface area contributed by atoms with Crippen molar-refractivity contribution >= 4 is 17.0 Å². The molecule has 1 atom stereocenters. The highest BCUT2D eigenvalue weighted by Crippen LogP contribution is 2.35. The van der Waals surface area contributed by atoms with Crippen molar-refractivity contribution < 1.29 is 18.0 Å². The zero-order valence-electron chi connectivity index (χ0n) is 15.9. The van der Waals surface area contributed by atoms with Crippen molar-refractivity contribution in [2.24, 2.45) is 0 Å². The second-order valence-corrected chi connectivity index (χ2v) is 7.33. The van der Waals surface area contributed by atoms with Gasteiger partial charge in [0.2, 0.25) is 5.89 Å². The van der Waals surface area contributed by atoms with Crippen LogP contribution in [0.2, 0.25) is 0 Å². The second-order valence-electron chi connectivity index (χ2n) is 7.33. The number of carbonyl (C=O) groups is 1. The smallest absolute Gasteiger partial charge is 0.290 e. The maximum Gasteiger partial charge on any atom is 0.290 e. The molecule has 1 amide bonds. The number of hydrogen-bond acceptors (Lipinski definition) is 4. The summed E-state index contributed by atoms with van der Waals surface area (Å²) in [7, 11) is 0. The van der Waals surface area contributed by atoms with E-state index in [1.165, 1.54) is 12.3 Å². The van der Waals surface area contributed by atoms with Gasteiger partial charge in [0.05, 0.1) is 6.26 Å². The summed E-state index contributed by atoms with van der Waals surface area (Å²) in [5.74, 6) is 0.482. The predicted molar refractivity (Wildman–Crippen MR) is 106 cm³/mol. The number of furan rings is 1. The second kappa shape index (κ2) is 6.88. The zero-order chi connectivity index (χ0) is 20.0. The third-order valence-electron chi connectivity index (χ3n) is 5.43. The molecule has 1 fully saturated rings. The third kappa shape index (κ3) is 3.10. The Bertz CT molecular complexity index is 1200. The van der Waals surface area contributed by atoms with E-state index in [1.807, 2.05) is 24.3 Å². The summed E-state index contributed by atoms with van der Waals surface area (Å²) >= 11 is 0. The van der Waals surface area contributed by atoms with Gasteiger partial charge in [-0.05, 0) is 72.9 Å². The van der Waals surface area contributed by atoms with Gasteiger partial charge in [0.1, 0.15) is 17.4 Å². The van der Waals surface area contributed by atoms with Crippen molar-refractivity contribution in [2.75, 3.05) is 6.54 Å². The lowest BCUT2D eigenvalue weighted by Gasteiger charge is -2.20. The number of fused-ring (bicyclic) bond motifs is 1. The first kappa shape index (κ1) is 17.7. The zero-order valence-corrected chi connectivity index (χ0v) is 15.9. The maximum absolute atomic E-state index is 13.6. The molecule has 1 saturated heterocycles. The van der Waals surface area contributed by atoms with Crippen LogP contribution in [0.5, 0.6) is 0 Å². The van der Waals surface area contributed by atoms with Crippen LogP contribution in [0, 0.1) is 12.7 Å². The van der Waals surface area contributed by atoms with Crippen LogP contribution < -0.4 is 0 Å². The van der Waals surface area contributed by atoms with Gasteiger partial charge in [-0.15, -0.1) is 0 Å². The van der Waals surface area contributed by atoms with Crippen LogP contribution in [0.25, 0.3) is 22.2 Å². The van der Waals surface area contributed by atoms with E-state index in [-0.39, 0.29) is 17.8 Å². The molecule has 0 N–H and O–H groups in total. The molecule has 0 bridgehead atoms. The standard InChI is InChI=1S/C23H19FN2O3/c1-14-12-15(6-8-17(14)24)16-7-9-20-18(13-16)25-22(29-20)19-4-2-10-26(19)23(27)21-5-3-11-28-21/h3,5-9,11-13,19H,2,4,10H2,1H3. The molecule has 1 aliphatic heterocycles. The summed E-state index contributed by atoms with van der Waals surface area (Å²) in [6, 6.07) is 13.9. The first-order chi connectivity index (χ1) is 14.1. The molecule has 4 aromatic rings. The summed E-state index contributed by atoms with van der Waals surface area (Å²) in [4.78, 5) is 19.2. The number of aryl methyl sites for hydroxylation is 1. The topological polar surface area (TPSA) is 59.5 Å². The highest BCUT2D eigenvalue weighted by atomic mass is 19.1. The number of amides is 1. The summed E-state index contributed by atoms with van der Waals surface area (Å²) in [5, 5.41) is 0. The SMILES string of the molecule is Cc1cc(-c2ccc3oc(C4CCCN4C(=O)c4ccco4)nc3c2)ccc1F. The predicted octanol–water partition coefficient (Wildman–Crippen LogP) is 5.51. The van der Waals surface area contributed by atoms with Crippen molar-refractivity contribution in [3.63, 3.8) is 0 Å². The number of benzene rings is 2.